The number of aromatic nitrogens is 4. The lowest BCUT2D eigenvalue weighted by molar-refractivity contribution is -0.0325. The Bertz CT molecular complexity index is 889. The van der Waals surface area contributed by atoms with Crippen LogP contribution in [0.25, 0.3) is 16.4 Å². The van der Waals surface area contributed by atoms with Crippen molar-refractivity contribution in [3.63, 3.8) is 0 Å². The zero-order valence-electron chi connectivity index (χ0n) is 12.3. The molecule has 3 heterocycles. The van der Waals surface area contributed by atoms with E-state index >= 15 is 0 Å². The fourth-order valence-electron chi connectivity index (χ4n) is 2.55. The second-order valence-corrected chi connectivity index (χ2v) is 7.29. The van der Waals surface area contributed by atoms with Crippen molar-refractivity contribution in [1.29, 1.82) is 0 Å². The Morgan fingerprint density at radius 2 is 1.96 bits per heavy atom. The Labute approximate surface area is 145 Å². The molecule has 0 atom stereocenters. The molecule has 9 heteroatoms. The fraction of sp³-hybridized carbons (Fsp3) is 0.267. The van der Waals surface area contributed by atoms with Gasteiger partial charge < -0.3 is 5.73 Å². The molecular weight excluding hydrogens is 356 g/mol. The molecule has 0 saturated heterocycles. The molecule has 0 spiro atoms. The van der Waals surface area contributed by atoms with Crippen molar-refractivity contribution >= 4 is 28.8 Å². The topological polar surface area (TPSA) is 69.6 Å². The van der Waals surface area contributed by atoms with Crippen LogP contribution in [0, 0.1) is 5.92 Å². The van der Waals surface area contributed by atoms with Crippen LogP contribution in [0.5, 0.6) is 0 Å². The van der Waals surface area contributed by atoms with Gasteiger partial charge in [-0.25, -0.2) is 9.97 Å². The van der Waals surface area contributed by atoms with Crippen LogP contribution in [0.1, 0.15) is 18.5 Å². The predicted octanol–water partition coefficient (Wildman–Crippen LogP) is 4.13. The summed E-state index contributed by atoms with van der Waals surface area (Å²) in [5.74, 6) is -3.53. The lowest BCUT2D eigenvalue weighted by Crippen LogP contribution is -2.18. The third kappa shape index (κ3) is 2.46. The second kappa shape index (κ2) is 5.49. The van der Waals surface area contributed by atoms with Crippen molar-refractivity contribution in [3.05, 3.63) is 40.6 Å². The standard InChI is InChI=1S/C15H12ClF2N5S/c16-10-5-4-9(24-10)11-12(15(17,18)8-2-3-8)22-23(13(11)19)14-20-6-1-7-21-14/h1,4-8H,2-3,19H2. The van der Waals surface area contributed by atoms with E-state index in [0.29, 0.717) is 22.1 Å². The van der Waals surface area contributed by atoms with Crippen molar-refractivity contribution in [2.24, 2.45) is 5.92 Å². The molecule has 0 radical (unpaired) electrons. The van der Waals surface area contributed by atoms with Gasteiger partial charge >= 0.3 is 0 Å². The Hall–Kier alpha value is -2.06. The summed E-state index contributed by atoms with van der Waals surface area (Å²) in [5, 5.41) is 4.08. The van der Waals surface area contributed by atoms with Crippen molar-refractivity contribution < 1.29 is 8.78 Å². The van der Waals surface area contributed by atoms with Gasteiger partial charge in [0.25, 0.3) is 11.9 Å². The maximum Gasteiger partial charge on any atom is 0.294 e. The van der Waals surface area contributed by atoms with Crippen LogP contribution < -0.4 is 5.73 Å². The molecule has 124 valence electrons. The molecule has 0 unspecified atom stereocenters. The lowest BCUT2D eigenvalue weighted by Gasteiger charge is -2.14. The van der Waals surface area contributed by atoms with Crippen LogP contribution in [0.4, 0.5) is 14.6 Å². The fourth-order valence-corrected chi connectivity index (χ4v) is 3.65. The summed E-state index contributed by atoms with van der Waals surface area (Å²) >= 11 is 7.15. The molecule has 2 N–H and O–H groups in total. The third-order valence-electron chi connectivity index (χ3n) is 3.89. The molecule has 1 aliphatic rings. The van der Waals surface area contributed by atoms with E-state index in [9.17, 15) is 8.78 Å². The largest absolute Gasteiger partial charge is 0.383 e. The minimum absolute atomic E-state index is 0.0787. The quantitative estimate of drug-likeness (QED) is 0.752. The van der Waals surface area contributed by atoms with Gasteiger partial charge in [0, 0.05) is 23.2 Å². The Morgan fingerprint density at radius 3 is 2.54 bits per heavy atom. The van der Waals surface area contributed by atoms with Crippen molar-refractivity contribution in [2.45, 2.75) is 18.8 Å². The zero-order valence-corrected chi connectivity index (χ0v) is 13.9. The normalized spacial score (nSPS) is 15.0. The maximum atomic E-state index is 14.8. The Morgan fingerprint density at radius 1 is 1.25 bits per heavy atom. The van der Waals surface area contributed by atoms with Crippen molar-refractivity contribution in [2.75, 3.05) is 5.73 Å². The van der Waals surface area contributed by atoms with Crippen LogP contribution in [0.2, 0.25) is 4.34 Å². The van der Waals surface area contributed by atoms with Crippen LogP contribution in [-0.4, -0.2) is 19.7 Å². The smallest absolute Gasteiger partial charge is 0.294 e. The number of nitrogens with zero attached hydrogens (tertiary/aromatic N) is 4. The van der Waals surface area contributed by atoms with Gasteiger partial charge in [0.15, 0.2) is 0 Å². The maximum absolute atomic E-state index is 14.8. The van der Waals surface area contributed by atoms with E-state index in [0.717, 1.165) is 4.68 Å². The SMILES string of the molecule is Nc1c(-c2ccc(Cl)s2)c(C(F)(F)C2CC2)nn1-c1ncccn1. The minimum atomic E-state index is -3.06. The number of hydrogen-bond donors (Lipinski definition) is 1. The van der Waals surface area contributed by atoms with E-state index in [1.54, 1.807) is 18.2 Å². The molecule has 0 aliphatic heterocycles. The molecule has 1 fully saturated rings. The molecule has 0 bridgehead atoms. The molecule has 4 rings (SSSR count). The lowest BCUT2D eigenvalue weighted by atomic mass is 10.1. The van der Waals surface area contributed by atoms with Crippen LogP contribution in [-0.2, 0) is 5.92 Å². The first-order valence-corrected chi connectivity index (χ1v) is 8.48. The van der Waals surface area contributed by atoms with Gasteiger partial charge in [0.1, 0.15) is 11.5 Å². The monoisotopic (exact) mass is 367 g/mol. The first-order chi connectivity index (χ1) is 11.5. The van der Waals surface area contributed by atoms with E-state index < -0.39 is 11.8 Å². The predicted molar refractivity (Wildman–Crippen MR) is 88.5 cm³/mol. The van der Waals surface area contributed by atoms with Crippen LogP contribution in [0.3, 0.4) is 0 Å². The molecule has 1 saturated carbocycles. The summed E-state index contributed by atoms with van der Waals surface area (Å²) in [4.78, 5) is 8.65. The van der Waals surface area contributed by atoms with Gasteiger partial charge in [-0.3, -0.25) is 0 Å². The van der Waals surface area contributed by atoms with E-state index in [2.05, 4.69) is 15.1 Å². The average Bonchev–Trinajstić information content (AvgIpc) is 3.26. The second-order valence-electron chi connectivity index (χ2n) is 5.57. The number of alkyl halides is 2. The van der Waals surface area contributed by atoms with E-state index in [1.165, 1.54) is 23.7 Å². The zero-order chi connectivity index (χ0) is 16.9. The molecule has 1 aliphatic carbocycles. The number of hydrogen-bond acceptors (Lipinski definition) is 5. The molecule has 24 heavy (non-hydrogen) atoms. The van der Waals surface area contributed by atoms with E-state index in [-0.39, 0.29) is 23.0 Å². The minimum Gasteiger partial charge on any atom is -0.383 e. The summed E-state index contributed by atoms with van der Waals surface area (Å²) in [5.41, 5.74) is 6.01. The van der Waals surface area contributed by atoms with Crippen LogP contribution >= 0.6 is 22.9 Å². The van der Waals surface area contributed by atoms with Gasteiger partial charge in [-0.05, 0) is 31.0 Å². The summed E-state index contributed by atoms with van der Waals surface area (Å²) in [6, 6.07) is 4.95. The van der Waals surface area contributed by atoms with Crippen molar-refractivity contribution in [3.8, 4) is 16.4 Å². The molecule has 3 aromatic rings. The third-order valence-corrected chi connectivity index (χ3v) is 5.14. The van der Waals surface area contributed by atoms with Crippen LogP contribution in [0.15, 0.2) is 30.6 Å². The van der Waals surface area contributed by atoms with Gasteiger partial charge in [-0.15, -0.1) is 11.3 Å². The van der Waals surface area contributed by atoms with Gasteiger partial charge in [0.2, 0.25) is 0 Å². The van der Waals surface area contributed by atoms with Gasteiger partial charge in [-0.1, -0.05) is 11.6 Å². The Balaban J connectivity index is 1.94. The average molecular weight is 368 g/mol. The highest BCUT2D eigenvalue weighted by Crippen LogP contribution is 2.53. The highest BCUT2D eigenvalue weighted by molar-refractivity contribution is 7.19. The molecule has 0 amide bonds. The Kier molecular flexibility index (Phi) is 3.54. The summed E-state index contributed by atoms with van der Waals surface area (Å²) in [6.07, 6.45) is 3.96. The highest BCUT2D eigenvalue weighted by Gasteiger charge is 2.52. The molecular formula is C15H12ClF2N5S. The summed E-state index contributed by atoms with van der Waals surface area (Å²) < 4.78 is 31.3. The number of nitrogen functional groups attached to an aromatic ring is 1. The molecule has 5 nitrogen and oxygen atoms in total. The van der Waals surface area contributed by atoms with E-state index in [1.807, 2.05) is 0 Å². The number of thiophene rings is 1. The van der Waals surface area contributed by atoms with Gasteiger partial charge in [-0.2, -0.15) is 18.6 Å². The number of halogens is 3. The summed E-state index contributed by atoms with van der Waals surface area (Å²) in [7, 11) is 0. The number of rotatable bonds is 4. The first kappa shape index (κ1) is 15.5. The molecule has 3 aromatic heterocycles. The van der Waals surface area contributed by atoms with Gasteiger partial charge in [0.05, 0.1) is 9.90 Å². The van der Waals surface area contributed by atoms with Crippen molar-refractivity contribution in [1.82, 2.24) is 19.7 Å². The highest BCUT2D eigenvalue weighted by atomic mass is 35.5. The van der Waals surface area contributed by atoms with E-state index in [4.69, 9.17) is 17.3 Å². The number of nitrogens with two attached hydrogens (primary N) is 1. The molecule has 0 aromatic carbocycles. The first-order valence-electron chi connectivity index (χ1n) is 7.28. The summed E-state index contributed by atoms with van der Waals surface area (Å²) in [6.45, 7) is 0. The number of anilines is 1.